The molecular weight excluding hydrogens is 418 g/mol. The Hall–Kier alpha value is -3.48. The molecule has 1 aliphatic heterocycles. The van der Waals surface area contributed by atoms with Gasteiger partial charge in [-0.1, -0.05) is 18.2 Å². The van der Waals surface area contributed by atoms with Crippen LogP contribution >= 0.6 is 0 Å². The molecule has 6 atom stereocenters. The standard InChI is InChI=1S/C26H25N3O4/c1-13-9-16(14(2)28(13)17-6-4-5-15(10-17)26(32)33-3)12-27-29-24(30)22-18-7-8-19(21-11-20(18)21)23(22)25(29)31/h4-10,12,18-23H,11H2,1-3H3/b27-12-/t18-,19-,20-,21-,22+,23+/m0/s1. The van der Waals surface area contributed by atoms with Crippen molar-refractivity contribution in [2.24, 2.45) is 40.6 Å². The Morgan fingerprint density at radius 2 is 1.73 bits per heavy atom. The van der Waals surface area contributed by atoms with Crippen molar-refractivity contribution in [1.29, 1.82) is 0 Å². The lowest BCUT2D eigenvalue weighted by molar-refractivity contribution is -0.140. The SMILES string of the molecule is COC(=O)c1cccc(-n2c(C)cc(/C=N\N3C(=O)[C@@H]4[C@H]5C=C[C@@H]([C@@H]6C[C@@H]56)[C@H]4C3=O)c2C)c1. The third-order valence-electron chi connectivity index (χ3n) is 7.95. The van der Waals surface area contributed by atoms with Gasteiger partial charge in [0.2, 0.25) is 0 Å². The van der Waals surface area contributed by atoms with Crippen LogP contribution < -0.4 is 0 Å². The van der Waals surface area contributed by atoms with Crippen LogP contribution in [-0.2, 0) is 14.3 Å². The molecule has 33 heavy (non-hydrogen) atoms. The number of hydrogen-bond acceptors (Lipinski definition) is 5. The molecule has 7 rings (SSSR count). The van der Waals surface area contributed by atoms with Crippen LogP contribution in [0.5, 0.6) is 0 Å². The molecule has 1 saturated heterocycles. The number of amides is 2. The number of hydrogen-bond donors (Lipinski definition) is 0. The van der Waals surface area contributed by atoms with Gasteiger partial charge in [-0.3, -0.25) is 9.59 Å². The van der Waals surface area contributed by atoms with Crippen LogP contribution in [0.4, 0.5) is 0 Å². The van der Waals surface area contributed by atoms with E-state index < -0.39 is 5.97 Å². The van der Waals surface area contributed by atoms with Crippen LogP contribution in [0.25, 0.3) is 5.69 Å². The molecule has 0 radical (unpaired) electrons. The van der Waals surface area contributed by atoms with E-state index in [1.807, 2.05) is 36.6 Å². The van der Waals surface area contributed by atoms with Crippen LogP contribution in [0.15, 0.2) is 47.6 Å². The monoisotopic (exact) mass is 443 g/mol. The van der Waals surface area contributed by atoms with E-state index in [4.69, 9.17) is 4.74 Å². The highest BCUT2D eigenvalue weighted by Gasteiger charge is 2.67. The average Bonchev–Trinajstić information content (AvgIpc) is 3.55. The third-order valence-corrected chi connectivity index (χ3v) is 7.95. The molecule has 1 aromatic heterocycles. The van der Waals surface area contributed by atoms with E-state index in [1.165, 1.54) is 7.11 Å². The Balaban J connectivity index is 1.29. The maximum atomic E-state index is 13.1. The molecule has 5 aliphatic rings. The fourth-order valence-electron chi connectivity index (χ4n) is 6.38. The van der Waals surface area contributed by atoms with Gasteiger partial charge in [-0.25, -0.2) is 4.79 Å². The molecule has 4 aliphatic carbocycles. The first kappa shape index (κ1) is 20.1. The summed E-state index contributed by atoms with van der Waals surface area (Å²) in [7, 11) is 1.36. The zero-order valence-corrected chi connectivity index (χ0v) is 18.8. The van der Waals surface area contributed by atoms with Gasteiger partial charge < -0.3 is 9.30 Å². The topological polar surface area (TPSA) is 81.0 Å². The number of ether oxygens (including phenoxy) is 1. The molecule has 0 unspecified atom stereocenters. The second-order valence-corrected chi connectivity index (χ2v) is 9.59. The fourth-order valence-corrected chi connectivity index (χ4v) is 6.38. The summed E-state index contributed by atoms with van der Waals surface area (Å²) < 4.78 is 6.85. The minimum Gasteiger partial charge on any atom is -0.465 e. The summed E-state index contributed by atoms with van der Waals surface area (Å²) in [4.78, 5) is 38.2. The van der Waals surface area contributed by atoms with Crippen molar-refractivity contribution >= 4 is 24.0 Å². The Kier molecular flexibility index (Phi) is 4.28. The summed E-state index contributed by atoms with van der Waals surface area (Å²) in [6.45, 7) is 3.91. The molecule has 7 nitrogen and oxygen atoms in total. The van der Waals surface area contributed by atoms with Gasteiger partial charge in [0, 0.05) is 22.6 Å². The number of nitrogens with zero attached hydrogens (tertiary/aromatic N) is 3. The zero-order valence-electron chi connectivity index (χ0n) is 18.8. The molecule has 1 aromatic carbocycles. The van der Waals surface area contributed by atoms with E-state index in [2.05, 4.69) is 17.3 Å². The number of carbonyl (C=O) groups excluding carboxylic acids is 3. The third kappa shape index (κ3) is 2.81. The Labute approximate surface area is 191 Å². The smallest absolute Gasteiger partial charge is 0.337 e. The van der Waals surface area contributed by atoms with Crippen LogP contribution in [-0.4, -0.2) is 40.7 Å². The van der Waals surface area contributed by atoms with Gasteiger partial charge in [-0.05, 0) is 68.2 Å². The van der Waals surface area contributed by atoms with E-state index in [0.717, 1.165) is 34.1 Å². The largest absolute Gasteiger partial charge is 0.465 e. The molecule has 0 spiro atoms. The summed E-state index contributed by atoms with van der Waals surface area (Å²) in [6.07, 6.45) is 7.07. The van der Waals surface area contributed by atoms with Crippen molar-refractivity contribution in [3.05, 3.63) is 65.0 Å². The van der Waals surface area contributed by atoms with Gasteiger partial charge in [-0.15, -0.1) is 0 Å². The second-order valence-electron chi connectivity index (χ2n) is 9.59. The number of aryl methyl sites for hydroxylation is 1. The van der Waals surface area contributed by atoms with Crippen molar-refractivity contribution in [2.75, 3.05) is 7.11 Å². The summed E-state index contributed by atoms with van der Waals surface area (Å²) in [5, 5.41) is 5.49. The molecule has 0 N–H and O–H groups in total. The van der Waals surface area contributed by atoms with Crippen molar-refractivity contribution in [2.45, 2.75) is 20.3 Å². The number of rotatable bonds is 4. The highest BCUT2D eigenvalue weighted by molar-refractivity contribution is 6.06. The number of imide groups is 1. The van der Waals surface area contributed by atoms with Gasteiger partial charge in [0.15, 0.2) is 0 Å². The number of hydrazone groups is 1. The minimum absolute atomic E-state index is 0.162. The first-order valence-corrected chi connectivity index (χ1v) is 11.4. The molecular formula is C26H25N3O4. The molecule has 168 valence electrons. The van der Waals surface area contributed by atoms with Gasteiger partial charge in [0.05, 0.1) is 30.7 Å². The van der Waals surface area contributed by atoms with Crippen molar-refractivity contribution in [1.82, 2.24) is 9.58 Å². The molecule has 2 heterocycles. The van der Waals surface area contributed by atoms with Gasteiger partial charge in [-0.2, -0.15) is 10.1 Å². The lowest BCUT2D eigenvalue weighted by Crippen LogP contribution is -2.40. The molecule has 2 bridgehead atoms. The Morgan fingerprint density at radius 3 is 2.36 bits per heavy atom. The number of esters is 1. The predicted octanol–water partition coefficient (Wildman–Crippen LogP) is 3.27. The number of methoxy groups -OCH3 is 1. The highest BCUT2D eigenvalue weighted by atomic mass is 16.5. The number of carbonyl (C=O) groups is 3. The molecule has 7 heteroatoms. The van der Waals surface area contributed by atoms with Crippen LogP contribution in [0.3, 0.4) is 0 Å². The van der Waals surface area contributed by atoms with Crippen molar-refractivity contribution < 1.29 is 19.1 Å². The lowest BCUT2D eigenvalue weighted by Gasteiger charge is -2.37. The van der Waals surface area contributed by atoms with Gasteiger partial charge in [0.1, 0.15) is 0 Å². The number of allylic oxidation sites excluding steroid dienone is 2. The molecule has 3 fully saturated rings. The van der Waals surface area contributed by atoms with E-state index >= 15 is 0 Å². The van der Waals surface area contributed by atoms with Crippen molar-refractivity contribution in [3.8, 4) is 5.69 Å². The molecule has 2 amide bonds. The summed E-state index contributed by atoms with van der Waals surface area (Å²) in [5.74, 6) is 0.306. The Morgan fingerprint density at radius 1 is 1.06 bits per heavy atom. The summed E-state index contributed by atoms with van der Waals surface area (Å²) in [5.41, 5.74) is 3.96. The van der Waals surface area contributed by atoms with E-state index in [9.17, 15) is 14.4 Å². The van der Waals surface area contributed by atoms with E-state index in [0.29, 0.717) is 17.4 Å². The maximum absolute atomic E-state index is 13.1. The van der Waals surface area contributed by atoms with Crippen LogP contribution in [0.1, 0.15) is 33.7 Å². The quantitative estimate of drug-likeness (QED) is 0.314. The number of aromatic nitrogens is 1. The first-order chi connectivity index (χ1) is 15.9. The number of benzene rings is 1. The second kappa shape index (κ2) is 7.01. The minimum atomic E-state index is -0.394. The average molecular weight is 444 g/mol. The van der Waals surface area contributed by atoms with Crippen LogP contribution in [0, 0.1) is 49.4 Å². The molecule has 2 aromatic rings. The normalized spacial score (nSPS) is 31.3. The molecule has 2 saturated carbocycles. The van der Waals surface area contributed by atoms with Gasteiger partial charge >= 0.3 is 5.97 Å². The first-order valence-electron chi connectivity index (χ1n) is 11.4. The fraction of sp³-hybridized carbons (Fsp3) is 0.385. The zero-order chi connectivity index (χ0) is 23.0. The van der Waals surface area contributed by atoms with E-state index in [1.54, 1.807) is 18.3 Å². The summed E-state index contributed by atoms with van der Waals surface area (Å²) >= 11 is 0. The predicted molar refractivity (Wildman–Crippen MR) is 121 cm³/mol. The van der Waals surface area contributed by atoms with Gasteiger partial charge in [0.25, 0.3) is 11.8 Å². The lowest BCUT2D eigenvalue weighted by atomic mass is 9.63. The highest BCUT2D eigenvalue weighted by Crippen LogP contribution is 2.65. The Bertz CT molecular complexity index is 1240. The van der Waals surface area contributed by atoms with Crippen molar-refractivity contribution in [3.63, 3.8) is 0 Å². The maximum Gasteiger partial charge on any atom is 0.337 e. The van der Waals surface area contributed by atoms with E-state index in [-0.39, 0.29) is 35.5 Å². The summed E-state index contributed by atoms with van der Waals surface area (Å²) in [6, 6.07) is 9.17. The van der Waals surface area contributed by atoms with Crippen LogP contribution in [0.2, 0.25) is 0 Å².